The number of hydrogen-bond acceptors (Lipinski definition) is 7. The molecule has 1 amide bonds. The Labute approximate surface area is 198 Å². The molecule has 3 rings (SSSR count). The number of amidine groups is 1. The van der Waals surface area contributed by atoms with Crippen molar-refractivity contribution < 1.29 is 9.22 Å². The quantitative estimate of drug-likeness (QED) is 0.238. The third-order valence-electron chi connectivity index (χ3n) is 5.70. The fraction of sp³-hybridized carbons (Fsp3) is 0.391. The lowest BCUT2D eigenvalue weighted by atomic mass is 10.1. The molecule has 6 nitrogen and oxygen atoms in total. The summed E-state index contributed by atoms with van der Waals surface area (Å²) in [7, 11) is -1.76. The van der Waals surface area contributed by atoms with Gasteiger partial charge in [0.15, 0.2) is 13.5 Å². The number of hydrogen-bond donors (Lipinski definition) is 1. The predicted molar refractivity (Wildman–Crippen MR) is 137 cm³/mol. The van der Waals surface area contributed by atoms with Gasteiger partial charge in [-0.3, -0.25) is 9.78 Å². The van der Waals surface area contributed by atoms with Gasteiger partial charge in [-0.25, -0.2) is 0 Å². The van der Waals surface area contributed by atoms with Gasteiger partial charge in [-0.1, -0.05) is 26.8 Å². The number of nitrogens with zero attached hydrogens (tertiary/aromatic N) is 3. The van der Waals surface area contributed by atoms with Crippen LogP contribution in [0.3, 0.4) is 0 Å². The molecule has 32 heavy (non-hydrogen) atoms. The maximum Gasteiger partial charge on any atom is 0.286 e. The normalized spacial score (nSPS) is 15.9. The molecule has 9 heteroatoms. The summed E-state index contributed by atoms with van der Waals surface area (Å²) in [6.07, 6.45) is 4.30. The molecule has 2 aromatic rings. The van der Waals surface area contributed by atoms with E-state index < -0.39 is 8.32 Å². The number of amides is 1. The second kappa shape index (κ2) is 9.79. The van der Waals surface area contributed by atoms with Crippen LogP contribution in [-0.4, -0.2) is 36.7 Å². The molecule has 168 valence electrons. The Kier molecular flexibility index (Phi) is 7.50. The number of aromatic nitrogens is 1. The number of pyridine rings is 1. The zero-order valence-electron chi connectivity index (χ0n) is 19.1. The Morgan fingerprint density at radius 2 is 2.09 bits per heavy atom. The van der Waals surface area contributed by atoms with E-state index in [0.29, 0.717) is 17.1 Å². The summed E-state index contributed by atoms with van der Waals surface area (Å²) < 4.78 is 6.27. The van der Waals surface area contributed by atoms with E-state index in [1.54, 1.807) is 24.0 Å². The van der Waals surface area contributed by atoms with Gasteiger partial charge >= 0.3 is 0 Å². The van der Waals surface area contributed by atoms with Gasteiger partial charge in [-0.05, 0) is 60.1 Å². The van der Waals surface area contributed by atoms with Gasteiger partial charge in [0.2, 0.25) is 0 Å². The molecule has 0 saturated carbocycles. The average molecular weight is 485 g/mol. The van der Waals surface area contributed by atoms with Gasteiger partial charge in [-0.15, -0.1) is 11.8 Å². The Hall–Kier alpha value is -2.12. The number of fused-ring (bicyclic) bond motifs is 1. The van der Waals surface area contributed by atoms with Crippen LogP contribution in [0.2, 0.25) is 18.1 Å². The minimum Gasteiger partial charge on any atom is -0.417 e. The largest absolute Gasteiger partial charge is 0.417 e. The van der Waals surface area contributed by atoms with E-state index in [1.165, 1.54) is 0 Å². The summed E-state index contributed by atoms with van der Waals surface area (Å²) >= 11 is 2.81. The van der Waals surface area contributed by atoms with E-state index in [0.717, 1.165) is 45.3 Å². The van der Waals surface area contributed by atoms with Crippen molar-refractivity contribution >= 4 is 59.9 Å². The standard InChI is InChI=1S/C23H28N4O2S2Si/c1-23(2,3)32(4,5)29-9-6-10-30-20-16(13-24)14-26-18-8-7-15(11-17(18)20)12-19-21(28)27-22(25)31-19/h7-8,11-12,14H,6,9-10H2,1-5H3,(H2,25,27,28). The lowest BCUT2D eigenvalue weighted by molar-refractivity contribution is -0.113. The second-order valence-electron chi connectivity index (χ2n) is 9.07. The van der Waals surface area contributed by atoms with Crippen molar-refractivity contribution in [1.29, 1.82) is 5.26 Å². The first kappa shape index (κ1) is 24.5. The summed E-state index contributed by atoms with van der Waals surface area (Å²) in [6.45, 7) is 11.9. The second-order valence-corrected chi connectivity index (χ2v) is 16.0. The van der Waals surface area contributed by atoms with Crippen molar-refractivity contribution in [3.8, 4) is 6.07 Å². The molecule has 0 fully saturated rings. The van der Waals surface area contributed by atoms with Gasteiger partial charge in [0, 0.05) is 28.8 Å². The van der Waals surface area contributed by atoms with Crippen molar-refractivity contribution in [2.45, 2.75) is 50.2 Å². The highest BCUT2D eigenvalue weighted by molar-refractivity contribution is 8.18. The van der Waals surface area contributed by atoms with Crippen LogP contribution in [0, 0.1) is 11.3 Å². The highest BCUT2D eigenvalue weighted by atomic mass is 32.2. The van der Waals surface area contributed by atoms with E-state index in [2.05, 4.69) is 49.9 Å². The number of aliphatic imine (C=N–C) groups is 1. The van der Waals surface area contributed by atoms with Gasteiger partial charge in [0.05, 0.1) is 16.0 Å². The summed E-state index contributed by atoms with van der Waals surface area (Å²) in [4.78, 5) is 21.5. The van der Waals surface area contributed by atoms with Gasteiger partial charge in [0.25, 0.3) is 5.91 Å². The first-order valence-corrected chi connectivity index (χ1v) is 15.1. The molecule has 0 spiro atoms. The fourth-order valence-electron chi connectivity index (χ4n) is 2.86. The number of nitrogens with two attached hydrogens (primary N) is 1. The highest BCUT2D eigenvalue weighted by Gasteiger charge is 2.36. The van der Waals surface area contributed by atoms with E-state index in [1.807, 2.05) is 18.2 Å². The Balaban J connectivity index is 1.77. The maximum atomic E-state index is 11.9. The third kappa shape index (κ3) is 5.62. The number of carbonyl (C=O) groups is 1. The minimum absolute atomic E-state index is 0.190. The smallest absolute Gasteiger partial charge is 0.286 e. The molecule has 0 radical (unpaired) electrons. The van der Waals surface area contributed by atoms with Crippen molar-refractivity contribution in [3.63, 3.8) is 0 Å². The molecule has 1 aromatic carbocycles. The summed E-state index contributed by atoms with van der Waals surface area (Å²) in [5.41, 5.74) is 7.86. The molecule has 0 saturated heterocycles. The Bertz CT molecular complexity index is 1150. The molecule has 1 aliphatic rings. The molecular formula is C23H28N4O2S2Si. The minimum atomic E-state index is -1.76. The topological polar surface area (TPSA) is 101 Å². The van der Waals surface area contributed by atoms with Crippen LogP contribution in [0.15, 0.2) is 39.2 Å². The first-order valence-electron chi connectivity index (χ1n) is 10.4. The lowest BCUT2D eigenvalue weighted by Gasteiger charge is -2.36. The van der Waals surface area contributed by atoms with Crippen LogP contribution in [0.25, 0.3) is 17.0 Å². The van der Waals surface area contributed by atoms with Crippen molar-refractivity contribution in [2.75, 3.05) is 12.4 Å². The Morgan fingerprint density at radius 3 is 2.72 bits per heavy atom. The van der Waals surface area contributed by atoms with Crippen LogP contribution in [0.5, 0.6) is 0 Å². The average Bonchev–Trinajstić information content (AvgIpc) is 3.03. The van der Waals surface area contributed by atoms with Crippen LogP contribution < -0.4 is 5.73 Å². The lowest BCUT2D eigenvalue weighted by Crippen LogP contribution is -2.41. The molecule has 1 aliphatic heterocycles. The zero-order chi connectivity index (χ0) is 23.5. The van der Waals surface area contributed by atoms with Crippen LogP contribution in [0.4, 0.5) is 0 Å². The number of carbonyl (C=O) groups excluding carboxylic acids is 1. The number of thioether (sulfide) groups is 2. The van der Waals surface area contributed by atoms with Crippen molar-refractivity contribution in [3.05, 3.63) is 40.4 Å². The van der Waals surface area contributed by atoms with Crippen LogP contribution >= 0.6 is 23.5 Å². The summed E-state index contributed by atoms with van der Waals surface area (Å²) in [5, 5.41) is 11.0. The van der Waals surface area contributed by atoms with E-state index >= 15 is 0 Å². The van der Waals surface area contributed by atoms with Gasteiger partial charge < -0.3 is 10.2 Å². The molecule has 0 bridgehead atoms. The molecule has 1 aromatic heterocycles. The van der Waals surface area contributed by atoms with Crippen molar-refractivity contribution in [2.24, 2.45) is 10.7 Å². The summed E-state index contributed by atoms with van der Waals surface area (Å²) in [5.74, 6) is 0.514. The maximum absolute atomic E-state index is 11.9. The first-order chi connectivity index (χ1) is 15.0. The SMILES string of the molecule is CC(C)(C)[Si](C)(C)OCCCSc1c(C#N)cnc2ccc(C=C3SC(N)=NC3=O)cc12. The number of benzene rings is 1. The van der Waals surface area contributed by atoms with E-state index in [9.17, 15) is 10.1 Å². The van der Waals surface area contributed by atoms with Crippen LogP contribution in [-0.2, 0) is 9.22 Å². The van der Waals surface area contributed by atoms with E-state index in [-0.39, 0.29) is 16.1 Å². The van der Waals surface area contributed by atoms with Gasteiger partial charge in [0.1, 0.15) is 6.07 Å². The monoisotopic (exact) mass is 484 g/mol. The molecule has 0 unspecified atom stereocenters. The predicted octanol–water partition coefficient (Wildman–Crippen LogP) is 5.54. The summed E-state index contributed by atoms with van der Waals surface area (Å²) in [6, 6.07) is 8.03. The molecule has 2 heterocycles. The highest BCUT2D eigenvalue weighted by Crippen LogP contribution is 2.37. The Morgan fingerprint density at radius 1 is 1.34 bits per heavy atom. The molecule has 0 atom stereocenters. The molecule has 0 aliphatic carbocycles. The number of rotatable bonds is 7. The number of nitriles is 1. The van der Waals surface area contributed by atoms with Crippen LogP contribution in [0.1, 0.15) is 38.3 Å². The zero-order valence-corrected chi connectivity index (χ0v) is 21.7. The van der Waals surface area contributed by atoms with Gasteiger partial charge in [-0.2, -0.15) is 10.3 Å². The fourth-order valence-corrected chi connectivity index (χ4v) is 5.67. The molecule has 2 N–H and O–H groups in total. The van der Waals surface area contributed by atoms with Crippen molar-refractivity contribution in [1.82, 2.24) is 4.98 Å². The molecular weight excluding hydrogens is 456 g/mol. The third-order valence-corrected chi connectivity index (χ3v) is 12.3. The van der Waals surface area contributed by atoms with E-state index in [4.69, 9.17) is 10.2 Å².